The third kappa shape index (κ3) is 7.99. The van der Waals surface area contributed by atoms with Gasteiger partial charge >= 0.3 is 204 Å². The van der Waals surface area contributed by atoms with Gasteiger partial charge in [0, 0.05) is 0 Å². The van der Waals surface area contributed by atoms with Crippen LogP contribution in [0.1, 0.15) is 40.0 Å². The second-order valence-electron chi connectivity index (χ2n) is 11.0. The summed E-state index contributed by atoms with van der Waals surface area (Å²) in [7, 11) is -2.24. The monoisotopic (exact) mass is 570 g/mol. The van der Waals surface area contributed by atoms with Gasteiger partial charge in [-0.15, -0.1) is 0 Å². The van der Waals surface area contributed by atoms with E-state index in [1.807, 2.05) is 45.0 Å². The van der Waals surface area contributed by atoms with Crippen molar-refractivity contribution in [3.05, 3.63) is 115 Å². The van der Waals surface area contributed by atoms with Crippen molar-refractivity contribution in [1.82, 2.24) is 0 Å². The summed E-state index contributed by atoms with van der Waals surface area (Å²) in [4.78, 5) is 12.1. The van der Waals surface area contributed by atoms with Crippen molar-refractivity contribution in [2.45, 2.75) is 40.0 Å². The van der Waals surface area contributed by atoms with Gasteiger partial charge in [0.25, 0.3) is 0 Å². The summed E-state index contributed by atoms with van der Waals surface area (Å²) < 4.78 is 17.3. The molecule has 0 saturated heterocycles. The molecular weight excluding hydrogens is 527 g/mol. The summed E-state index contributed by atoms with van der Waals surface area (Å²) >= 11 is 0. The quantitative estimate of drug-likeness (QED) is 0.0883. The number of rotatable bonds is 15. The van der Waals surface area contributed by atoms with Crippen molar-refractivity contribution in [3.63, 3.8) is 0 Å². The average molecular weight is 571 g/mol. The number of benzene rings is 4. The van der Waals surface area contributed by atoms with Crippen molar-refractivity contribution in [2.75, 3.05) is 26.0 Å². The standard InChI is InChI=1S/C36H43O4P/c1-4-38-35(37)36(2,3)26-14-27-39-30-22-24-31(25-23-30)40-28-15-29-41(32-16-8-5-9-17-32,33-18-10-6-11-19-33)34-20-12-7-13-21-34/h5-13,16-25,41H,4,14-15,26-29H2,1-3H3. The fraction of sp³-hybridized carbons (Fsp3) is 0.306. The second-order valence-corrected chi connectivity index (χ2v) is 15.0. The van der Waals surface area contributed by atoms with E-state index in [1.54, 1.807) is 0 Å². The van der Waals surface area contributed by atoms with E-state index in [0.29, 0.717) is 26.2 Å². The van der Waals surface area contributed by atoms with Crippen LogP contribution in [0.4, 0.5) is 0 Å². The molecule has 0 unspecified atom stereocenters. The van der Waals surface area contributed by atoms with E-state index in [4.69, 9.17) is 14.2 Å². The fourth-order valence-corrected chi connectivity index (χ4v) is 10.2. The van der Waals surface area contributed by atoms with E-state index in [2.05, 4.69) is 91.0 Å². The molecule has 0 spiro atoms. The molecule has 0 aliphatic carbocycles. The maximum absolute atomic E-state index is 12.1. The minimum absolute atomic E-state index is 0.155. The van der Waals surface area contributed by atoms with Crippen molar-refractivity contribution >= 4 is 29.1 Å². The third-order valence-corrected chi connectivity index (χ3v) is 12.7. The van der Waals surface area contributed by atoms with Crippen LogP contribution < -0.4 is 25.4 Å². The molecule has 0 radical (unpaired) electrons. The van der Waals surface area contributed by atoms with Crippen LogP contribution in [0.2, 0.25) is 0 Å². The molecule has 4 nitrogen and oxygen atoms in total. The number of ether oxygens (including phenoxy) is 3. The molecule has 41 heavy (non-hydrogen) atoms. The molecule has 5 heteroatoms. The summed E-state index contributed by atoms with van der Waals surface area (Å²) in [6.07, 6.45) is 3.49. The number of carbonyl (C=O) groups is 1. The zero-order valence-electron chi connectivity index (χ0n) is 24.6. The molecule has 4 aromatic rings. The second kappa shape index (κ2) is 14.8. The summed E-state index contributed by atoms with van der Waals surface area (Å²) in [6.45, 7) is 7.27. The van der Waals surface area contributed by atoms with Gasteiger partial charge in [0.2, 0.25) is 0 Å². The molecule has 0 atom stereocenters. The van der Waals surface area contributed by atoms with Gasteiger partial charge in [-0.1, -0.05) is 0 Å². The summed E-state index contributed by atoms with van der Waals surface area (Å²) in [5.74, 6) is 1.49. The average Bonchev–Trinajstić information content (AvgIpc) is 3.01. The molecule has 0 aliphatic rings. The minimum atomic E-state index is -2.24. The molecule has 0 aromatic heterocycles. The van der Waals surface area contributed by atoms with Crippen LogP contribution in [0.5, 0.6) is 11.5 Å². The Morgan fingerprint density at radius 1 is 0.634 bits per heavy atom. The first kappa shape index (κ1) is 30.3. The zero-order chi connectivity index (χ0) is 29.0. The molecular formula is C36H43O4P. The van der Waals surface area contributed by atoms with Gasteiger partial charge in [-0.2, -0.15) is 0 Å². The van der Waals surface area contributed by atoms with E-state index < -0.39 is 12.7 Å². The van der Waals surface area contributed by atoms with Crippen LogP contribution in [-0.4, -0.2) is 32.0 Å². The van der Waals surface area contributed by atoms with Gasteiger partial charge in [0.1, 0.15) is 0 Å². The van der Waals surface area contributed by atoms with Crippen molar-refractivity contribution in [2.24, 2.45) is 5.41 Å². The van der Waals surface area contributed by atoms with Crippen LogP contribution in [0.3, 0.4) is 0 Å². The molecule has 4 rings (SSSR count). The number of esters is 1. The Hall–Kier alpha value is -3.62. The van der Waals surface area contributed by atoms with E-state index >= 15 is 0 Å². The third-order valence-electron chi connectivity index (χ3n) is 7.63. The van der Waals surface area contributed by atoms with Crippen molar-refractivity contribution in [3.8, 4) is 11.5 Å². The van der Waals surface area contributed by atoms with Crippen LogP contribution in [0, 0.1) is 5.41 Å². The Balaban J connectivity index is 1.36. The number of hydrogen-bond donors (Lipinski definition) is 0. The zero-order valence-corrected chi connectivity index (χ0v) is 25.6. The molecule has 4 aromatic carbocycles. The Morgan fingerprint density at radius 2 is 1.05 bits per heavy atom. The Morgan fingerprint density at radius 3 is 1.46 bits per heavy atom. The molecule has 0 N–H and O–H groups in total. The van der Waals surface area contributed by atoms with E-state index in [-0.39, 0.29) is 5.97 Å². The van der Waals surface area contributed by atoms with Gasteiger partial charge < -0.3 is 4.74 Å². The first-order chi connectivity index (χ1) is 20.0. The van der Waals surface area contributed by atoms with Crippen LogP contribution in [0.25, 0.3) is 0 Å². The summed E-state index contributed by atoms with van der Waals surface area (Å²) in [5, 5.41) is 4.26. The van der Waals surface area contributed by atoms with Crippen molar-refractivity contribution in [1.29, 1.82) is 0 Å². The Kier molecular flexibility index (Phi) is 11.0. The summed E-state index contributed by atoms with van der Waals surface area (Å²) in [6, 6.07) is 40.8. The topological polar surface area (TPSA) is 44.8 Å². The first-order valence-electron chi connectivity index (χ1n) is 14.7. The SMILES string of the molecule is CCOC(=O)C(C)(C)CCCOc1ccc(OCCC[PH](c2ccccc2)(c2ccccc2)c2ccccc2)cc1. The van der Waals surface area contributed by atoms with Gasteiger partial charge in [0.15, 0.2) is 0 Å². The Labute approximate surface area is 246 Å². The van der Waals surface area contributed by atoms with E-state index in [9.17, 15) is 4.79 Å². The van der Waals surface area contributed by atoms with Gasteiger partial charge in [-0.05, 0) is 20.8 Å². The van der Waals surface area contributed by atoms with Crippen LogP contribution in [-0.2, 0) is 9.53 Å². The molecule has 0 fully saturated rings. The summed E-state index contributed by atoms with van der Waals surface area (Å²) in [5.41, 5.74) is -0.501. The van der Waals surface area contributed by atoms with Crippen LogP contribution >= 0.6 is 7.26 Å². The molecule has 0 heterocycles. The van der Waals surface area contributed by atoms with Crippen molar-refractivity contribution < 1.29 is 19.0 Å². The Bertz CT molecular complexity index is 1230. The normalized spacial score (nSPS) is 12.0. The molecule has 216 valence electrons. The maximum atomic E-state index is 12.1. The van der Waals surface area contributed by atoms with E-state index in [1.165, 1.54) is 15.9 Å². The molecule has 0 amide bonds. The molecule has 0 bridgehead atoms. The van der Waals surface area contributed by atoms with E-state index in [0.717, 1.165) is 30.5 Å². The van der Waals surface area contributed by atoms with Gasteiger partial charge in [0.05, 0.1) is 12.0 Å². The predicted molar refractivity (Wildman–Crippen MR) is 173 cm³/mol. The molecule has 0 aliphatic heterocycles. The predicted octanol–water partition coefficient (Wildman–Crippen LogP) is 6.93. The fourth-order valence-electron chi connectivity index (χ4n) is 5.39. The first-order valence-corrected chi connectivity index (χ1v) is 16.9. The van der Waals surface area contributed by atoms with Gasteiger partial charge in [-0.3, -0.25) is 4.79 Å². The number of carbonyl (C=O) groups excluding carboxylic acids is 1. The van der Waals surface area contributed by atoms with Crippen LogP contribution in [0.15, 0.2) is 115 Å². The number of hydrogen-bond acceptors (Lipinski definition) is 4. The molecule has 0 saturated carbocycles. The van der Waals surface area contributed by atoms with Gasteiger partial charge in [-0.25, -0.2) is 0 Å².